The van der Waals surface area contributed by atoms with Crippen LogP contribution in [0.4, 0.5) is 0 Å². The van der Waals surface area contributed by atoms with Gasteiger partial charge in [-0.15, -0.1) is 0 Å². The molecule has 0 bridgehead atoms. The van der Waals surface area contributed by atoms with E-state index in [1.807, 2.05) is 6.92 Å². The van der Waals surface area contributed by atoms with Gasteiger partial charge in [0, 0.05) is 12.0 Å². The van der Waals surface area contributed by atoms with Gasteiger partial charge < -0.3 is 20.8 Å². The topological polar surface area (TPSA) is 98.7 Å². The smallest absolute Gasteiger partial charge is 0.306 e. The van der Waals surface area contributed by atoms with Gasteiger partial charge in [0.15, 0.2) is 0 Å². The van der Waals surface area contributed by atoms with Gasteiger partial charge in [0.25, 0.3) is 0 Å². The van der Waals surface area contributed by atoms with E-state index in [0.29, 0.717) is 0 Å². The van der Waals surface area contributed by atoms with Crippen molar-refractivity contribution < 1.29 is 19.8 Å². The number of hydrogen-bond donors (Lipinski definition) is 4. The fourth-order valence-corrected chi connectivity index (χ4v) is 2.08. The van der Waals surface area contributed by atoms with Crippen LogP contribution in [0.5, 0.6) is 0 Å². The van der Waals surface area contributed by atoms with Crippen LogP contribution in [0.15, 0.2) is 0 Å². The average Bonchev–Trinajstić information content (AvgIpc) is 2.25. The van der Waals surface area contributed by atoms with Crippen molar-refractivity contribution in [2.45, 2.75) is 38.7 Å². The second-order valence-electron chi connectivity index (χ2n) is 5.56. The number of hydrogen-bond acceptors (Lipinski definition) is 4. The van der Waals surface area contributed by atoms with E-state index >= 15 is 0 Å². The van der Waals surface area contributed by atoms with Gasteiger partial charge in [-0.2, -0.15) is 0 Å². The van der Waals surface area contributed by atoms with Gasteiger partial charge in [-0.05, 0) is 32.9 Å². The van der Waals surface area contributed by atoms with Crippen molar-refractivity contribution in [3.05, 3.63) is 0 Å². The van der Waals surface area contributed by atoms with Crippen molar-refractivity contribution in [3.8, 4) is 0 Å². The first-order valence-corrected chi connectivity index (χ1v) is 6.18. The molecule has 18 heavy (non-hydrogen) atoms. The van der Waals surface area contributed by atoms with Crippen LogP contribution in [-0.4, -0.2) is 47.3 Å². The zero-order valence-corrected chi connectivity index (χ0v) is 11.0. The third kappa shape index (κ3) is 4.27. The Bertz CT molecular complexity index is 322. The van der Waals surface area contributed by atoms with Crippen LogP contribution >= 0.6 is 0 Å². The summed E-state index contributed by atoms with van der Waals surface area (Å²) in [6.45, 7) is 4.87. The van der Waals surface area contributed by atoms with Gasteiger partial charge in [0.2, 0.25) is 5.91 Å². The largest absolute Gasteiger partial charge is 0.481 e. The number of aliphatic carboxylic acids is 1. The summed E-state index contributed by atoms with van der Waals surface area (Å²) in [6, 6.07) is 0. The molecule has 1 heterocycles. The number of amides is 1. The summed E-state index contributed by atoms with van der Waals surface area (Å²) in [6.07, 6.45) is 1.12. The van der Waals surface area contributed by atoms with Crippen LogP contribution in [0.1, 0.15) is 33.1 Å². The highest BCUT2D eigenvalue weighted by molar-refractivity contribution is 5.82. The van der Waals surface area contributed by atoms with Crippen LogP contribution in [0, 0.1) is 5.41 Å². The molecule has 0 spiro atoms. The molecule has 1 atom stereocenters. The molecule has 0 aliphatic carbocycles. The molecule has 6 heteroatoms. The number of aliphatic hydroxyl groups is 1. The maximum Gasteiger partial charge on any atom is 0.306 e. The highest BCUT2D eigenvalue weighted by Gasteiger charge is 2.35. The van der Waals surface area contributed by atoms with Gasteiger partial charge in [-0.25, -0.2) is 0 Å². The predicted octanol–water partition coefficient (Wildman–Crippen LogP) is -0.282. The summed E-state index contributed by atoms with van der Waals surface area (Å²) in [5, 5.41) is 24.3. The normalized spacial score (nSPS) is 21.9. The first-order valence-electron chi connectivity index (χ1n) is 6.18. The predicted molar refractivity (Wildman–Crippen MR) is 66.1 cm³/mol. The standard InChI is InChI=1S/C12H22N2O4/c1-11(3-5-13-6-4-11)10(17)14-8-12(2,18)7-9(15)16/h13,18H,3-8H2,1-2H3,(H,14,17)(H,15,16). The molecular formula is C12H22N2O4. The van der Waals surface area contributed by atoms with Crippen LogP contribution in [0.2, 0.25) is 0 Å². The average molecular weight is 258 g/mol. The number of carbonyl (C=O) groups excluding carboxylic acids is 1. The van der Waals surface area contributed by atoms with Crippen molar-refractivity contribution in [2.75, 3.05) is 19.6 Å². The van der Waals surface area contributed by atoms with Crippen molar-refractivity contribution >= 4 is 11.9 Å². The maximum absolute atomic E-state index is 12.1. The fraction of sp³-hybridized carbons (Fsp3) is 0.833. The quantitative estimate of drug-likeness (QED) is 0.543. The Kier molecular flexibility index (Phi) is 4.70. The highest BCUT2D eigenvalue weighted by atomic mass is 16.4. The van der Waals surface area contributed by atoms with Crippen molar-refractivity contribution in [1.29, 1.82) is 0 Å². The molecule has 0 radical (unpaired) electrons. The lowest BCUT2D eigenvalue weighted by atomic mass is 9.80. The Balaban J connectivity index is 2.47. The number of nitrogens with one attached hydrogen (secondary N) is 2. The Labute approximate surface area is 107 Å². The SMILES string of the molecule is CC(O)(CNC(=O)C1(C)CCNCC1)CC(=O)O. The van der Waals surface area contributed by atoms with E-state index in [1.165, 1.54) is 6.92 Å². The molecule has 0 saturated carbocycles. The maximum atomic E-state index is 12.1. The molecule has 1 aliphatic rings. The summed E-state index contributed by atoms with van der Waals surface area (Å²) in [5.74, 6) is -1.20. The minimum absolute atomic E-state index is 0.0405. The molecule has 1 fully saturated rings. The summed E-state index contributed by atoms with van der Waals surface area (Å²) in [4.78, 5) is 22.6. The number of carbonyl (C=O) groups is 2. The Morgan fingerprint density at radius 1 is 1.39 bits per heavy atom. The Morgan fingerprint density at radius 3 is 2.44 bits per heavy atom. The molecule has 104 valence electrons. The van der Waals surface area contributed by atoms with E-state index in [9.17, 15) is 14.7 Å². The molecule has 0 aromatic heterocycles. The van der Waals surface area contributed by atoms with Gasteiger partial charge in [0.1, 0.15) is 0 Å². The van der Waals surface area contributed by atoms with Crippen molar-refractivity contribution in [3.63, 3.8) is 0 Å². The van der Waals surface area contributed by atoms with Crippen molar-refractivity contribution in [1.82, 2.24) is 10.6 Å². The number of rotatable bonds is 5. The van der Waals surface area contributed by atoms with Gasteiger partial charge >= 0.3 is 5.97 Å². The summed E-state index contributed by atoms with van der Waals surface area (Å²) in [5.41, 5.74) is -1.84. The molecule has 0 aromatic rings. The molecule has 1 rings (SSSR count). The monoisotopic (exact) mass is 258 g/mol. The molecule has 1 aliphatic heterocycles. The second kappa shape index (κ2) is 5.67. The number of carboxylic acids is 1. The highest BCUT2D eigenvalue weighted by Crippen LogP contribution is 2.28. The van der Waals surface area contributed by atoms with E-state index in [-0.39, 0.29) is 18.9 Å². The van der Waals surface area contributed by atoms with Crippen LogP contribution in [-0.2, 0) is 9.59 Å². The molecular weight excluding hydrogens is 236 g/mol. The van der Waals surface area contributed by atoms with Gasteiger partial charge in [0.05, 0.1) is 12.0 Å². The van der Waals surface area contributed by atoms with Crippen LogP contribution in [0.25, 0.3) is 0 Å². The van der Waals surface area contributed by atoms with Crippen molar-refractivity contribution in [2.24, 2.45) is 5.41 Å². The molecule has 1 amide bonds. The molecule has 4 N–H and O–H groups in total. The van der Waals surface area contributed by atoms with E-state index < -0.39 is 17.0 Å². The van der Waals surface area contributed by atoms with Crippen LogP contribution in [0.3, 0.4) is 0 Å². The number of carboxylic acid groups (broad SMARTS) is 1. The van der Waals surface area contributed by atoms with Crippen LogP contribution < -0.4 is 10.6 Å². The fourth-order valence-electron chi connectivity index (χ4n) is 2.08. The lowest BCUT2D eigenvalue weighted by Crippen LogP contribution is -2.50. The minimum Gasteiger partial charge on any atom is -0.481 e. The lowest BCUT2D eigenvalue weighted by Gasteiger charge is -2.33. The zero-order chi connectivity index (χ0) is 13.8. The molecule has 1 unspecified atom stereocenters. The Hall–Kier alpha value is -1.14. The Morgan fingerprint density at radius 2 is 1.94 bits per heavy atom. The van der Waals surface area contributed by atoms with E-state index in [1.54, 1.807) is 0 Å². The molecule has 1 saturated heterocycles. The molecule has 6 nitrogen and oxygen atoms in total. The lowest BCUT2D eigenvalue weighted by molar-refractivity contribution is -0.143. The number of piperidine rings is 1. The summed E-state index contributed by atoms with van der Waals surface area (Å²) < 4.78 is 0. The van der Waals surface area contributed by atoms with Gasteiger partial charge in [-0.3, -0.25) is 9.59 Å². The van der Waals surface area contributed by atoms with E-state index in [4.69, 9.17) is 5.11 Å². The third-order valence-electron chi connectivity index (χ3n) is 3.42. The van der Waals surface area contributed by atoms with E-state index in [0.717, 1.165) is 25.9 Å². The summed E-state index contributed by atoms with van der Waals surface area (Å²) >= 11 is 0. The third-order valence-corrected chi connectivity index (χ3v) is 3.42. The minimum atomic E-state index is -1.41. The second-order valence-corrected chi connectivity index (χ2v) is 5.56. The summed E-state index contributed by atoms with van der Waals surface area (Å²) in [7, 11) is 0. The first-order chi connectivity index (χ1) is 8.25. The molecule has 0 aromatic carbocycles. The first kappa shape index (κ1) is 14.9. The van der Waals surface area contributed by atoms with Gasteiger partial charge in [-0.1, -0.05) is 6.92 Å². The van der Waals surface area contributed by atoms with E-state index in [2.05, 4.69) is 10.6 Å². The zero-order valence-electron chi connectivity index (χ0n) is 11.0.